The van der Waals surface area contributed by atoms with E-state index in [1.165, 1.54) is 14.2 Å². The summed E-state index contributed by atoms with van der Waals surface area (Å²) in [5.41, 5.74) is 0.845. The SMILES string of the molecule is COC(=O)Oc1[nH]c2cccc(OC)c2c1C#N. The van der Waals surface area contributed by atoms with Crippen LogP contribution in [-0.4, -0.2) is 25.4 Å². The third-order valence-electron chi connectivity index (χ3n) is 2.44. The molecule has 2 aromatic rings. The van der Waals surface area contributed by atoms with Crippen molar-refractivity contribution in [3.63, 3.8) is 0 Å². The molecule has 0 radical (unpaired) electrons. The molecule has 0 fully saturated rings. The Bertz CT molecular complexity index is 639. The van der Waals surface area contributed by atoms with Crippen molar-refractivity contribution in [2.75, 3.05) is 14.2 Å². The van der Waals surface area contributed by atoms with Crippen LogP contribution in [0.15, 0.2) is 18.2 Å². The summed E-state index contributed by atoms with van der Waals surface area (Å²) in [6, 6.07) is 7.22. The van der Waals surface area contributed by atoms with E-state index in [9.17, 15) is 4.79 Å². The maximum atomic E-state index is 11.1. The van der Waals surface area contributed by atoms with Gasteiger partial charge in [-0.15, -0.1) is 0 Å². The van der Waals surface area contributed by atoms with Crippen LogP contribution in [0, 0.1) is 11.3 Å². The number of hydrogen-bond donors (Lipinski definition) is 1. The number of nitriles is 1. The first-order valence-electron chi connectivity index (χ1n) is 5.05. The second-order valence-corrected chi connectivity index (χ2v) is 3.38. The lowest BCUT2D eigenvalue weighted by Crippen LogP contribution is -2.08. The van der Waals surface area contributed by atoms with Gasteiger partial charge >= 0.3 is 6.16 Å². The smallest absolute Gasteiger partial charge is 0.496 e. The minimum absolute atomic E-state index is 0.0452. The number of methoxy groups -OCH3 is 2. The fourth-order valence-electron chi connectivity index (χ4n) is 1.67. The largest absolute Gasteiger partial charge is 0.514 e. The summed E-state index contributed by atoms with van der Waals surface area (Å²) < 4.78 is 14.4. The molecule has 0 unspecified atom stereocenters. The molecule has 0 saturated heterocycles. The van der Waals surface area contributed by atoms with Crippen LogP contribution in [0.5, 0.6) is 11.6 Å². The number of carbonyl (C=O) groups excluding carboxylic acids is 1. The number of carbonyl (C=O) groups is 1. The topological polar surface area (TPSA) is 84.3 Å². The maximum absolute atomic E-state index is 11.1. The van der Waals surface area contributed by atoms with Gasteiger partial charge in [0.2, 0.25) is 5.88 Å². The van der Waals surface area contributed by atoms with Gasteiger partial charge in [-0.25, -0.2) is 4.79 Å². The quantitative estimate of drug-likeness (QED) is 0.821. The normalized spacial score (nSPS) is 9.83. The summed E-state index contributed by atoms with van der Waals surface area (Å²) in [5, 5.41) is 9.72. The molecule has 0 aliphatic carbocycles. The molecule has 1 heterocycles. The molecule has 0 aliphatic heterocycles. The number of ether oxygens (including phenoxy) is 3. The Morgan fingerprint density at radius 2 is 2.17 bits per heavy atom. The molecule has 1 aromatic heterocycles. The van der Waals surface area contributed by atoms with Crippen molar-refractivity contribution < 1.29 is 19.0 Å². The van der Waals surface area contributed by atoms with Crippen LogP contribution in [0.25, 0.3) is 10.9 Å². The van der Waals surface area contributed by atoms with Crippen LogP contribution in [0.2, 0.25) is 0 Å². The fraction of sp³-hybridized carbons (Fsp3) is 0.167. The average Bonchev–Trinajstić information content (AvgIpc) is 2.75. The molecule has 0 aliphatic rings. The number of nitrogens with one attached hydrogen (secondary N) is 1. The Labute approximate surface area is 103 Å². The lowest BCUT2D eigenvalue weighted by molar-refractivity contribution is 0.120. The van der Waals surface area contributed by atoms with Gasteiger partial charge in [0.1, 0.15) is 17.4 Å². The number of rotatable bonds is 2. The van der Waals surface area contributed by atoms with Crippen LogP contribution >= 0.6 is 0 Å². The van der Waals surface area contributed by atoms with Gasteiger partial charge in [-0.2, -0.15) is 5.26 Å². The van der Waals surface area contributed by atoms with E-state index in [1.54, 1.807) is 18.2 Å². The molecule has 0 spiro atoms. The molecule has 6 heteroatoms. The second-order valence-electron chi connectivity index (χ2n) is 3.38. The predicted molar refractivity (Wildman–Crippen MR) is 62.6 cm³/mol. The second kappa shape index (κ2) is 4.67. The molecule has 2 rings (SSSR count). The van der Waals surface area contributed by atoms with Gasteiger partial charge in [0.25, 0.3) is 0 Å². The first kappa shape index (κ1) is 11.8. The lowest BCUT2D eigenvalue weighted by atomic mass is 10.1. The van der Waals surface area contributed by atoms with Gasteiger partial charge in [-0.3, -0.25) is 0 Å². The van der Waals surface area contributed by atoms with Crippen LogP contribution < -0.4 is 9.47 Å². The highest BCUT2D eigenvalue weighted by molar-refractivity contribution is 5.94. The zero-order chi connectivity index (χ0) is 13.1. The molecular weight excluding hydrogens is 236 g/mol. The summed E-state index contributed by atoms with van der Waals surface area (Å²) in [7, 11) is 2.70. The summed E-state index contributed by atoms with van der Waals surface area (Å²) in [4.78, 5) is 13.9. The number of hydrogen-bond acceptors (Lipinski definition) is 5. The Balaban J connectivity index is 2.63. The summed E-state index contributed by atoms with van der Waals surface area (Å²) >= 11 is 0. The summed E-state index contributed by atoms with van der Waals surface area (Å²) in [5.74, 6) is 0.573. The number of benzene rings is 1. The van der Waals surface area contributed by atoms with Gasteiger partial charge in [0.05, 0.1) is 25.1 Å². The summed E-state index contributed by atoms with van der Waals surface area (Å²) in [6.07, 6.45) is -0.892. The highest BCUT2D eigenvalue weighted by atomic mass is 16.7. The minimum atomic E-state index is -0.892. The minimum Gasteiger partial charge on any atom is -0.496 e. The van der Waals surface area contributed by atoms with Crippen LogP contribution in [0.1, 0.15) is 5.56 Å². The van der Waals surface area contributed by atoms with E-state index in [-0.39, 0.29) is 11.4 Å². The molecule has 0 bridgehead atoms. The average molecular weight is 246 g/mol. The monoisotopic (exact) mass is 246 g/mol. The van der Waals surface area contributed by atoms with E-state index in [4.69, 9.17) is 14.7 Å². The van der Waals surface area contributed by atoms with Crippen molar-refractivity contribution in [3.8, 4) is 17.7 Å². The summed E-state index contributed by atoms with van der Waals surface area (Å²) in [6.45, 7) is 0. The van der Waals surface area contributed by atoms with E-state index in [2.05, 4.69) is 9.72 Å². The van der Waals surface area contributed by atoms with E-state index >= 15 is 0 Å². The van der Waals surface area contributed by atoms with Gasteiger partial charge in [0, 0.05) is 0 Å². The van der Waals surface area contributed by atoms with E-state index in [1.807, 2.05) is 6.07 Å². The highest BCUT2D eigenvalue weighted by Crippen LogP contribution is 2.34. The number of aromatic nitrogens is 1. The van der Waals surface area contributed by atoms with Crippen molar-refractivity contribution in [1.82, 2.24) is 4.98 Å². The molecule has 0 saturated carbocycles. The molecular formula is C12H10N2O4. The maximum Gasteiger partial charge on any atom is 0.514 e. The van der Waals surface area contributed by atoms with Gasteiger partial charge in [-0.05, 0) is 12.1 Å². The number of fused-ring (bicyclic) bond motifs is 1. The van der Waals surface area contributed by atoms with Gasteiger partial charge in [0.15, 0.2) is 0 Å². The molecule has 6 nitrogen and oxygen atoms in total. The van der Waals surface area contributed by atoms with Crippen LogP contribution in [0.3, 0.4) is 0 Å². The highest BCUT2D eigenvalue weighted by Gasteiger charge is 2.18. The molecule has 1 aromatic carbocycles. The predicted octanol–water partition coefficient (Wildman–Crippen LogP) is 2.19. The van der Waals surface area contributed by atoms with E-state index in [0.29, 0.717) is 16.7 Å². The number of H-pyrrole nitrogens is 1. The Morgan fingerprint density at radius 3 is 2.78 bits per heavy atom. The zero-order valence-electron chi connectivity index (χ0n) is 9.81. The third kappa shape index (κ3) is 1.82. The standard InChI is InChI=1S/C12H10N2O4/c1-16-9-5-3-4-8-10(9)7(6-13)11(14-8)18-12(15)17-2/h3-5,14H,1-2H3. The lowest BCUT2D eigenvalue weighted by Gasteiger charge is -2.01. The van der Waals surface area contributed by atoms with E-state index < -0.39 is 6.16 Å². The first-order valence-corrected chi connectivity index (χ1v) is 5.05. The van der Waals surface area contributed by atoms with Gasteiger partial charge in [-0.1, -0.05) is 6.07 Å². The van der Waals surface area contributed by atoms with Gasteiger partial charge < -0.3 is 19.2 Å². The van der Waals surface area contributed by atoms with Crippen molar-refractivity contribution in [3.05, 3.63) is 23.8 Å². The molecule has 92 valence electrons. The zero-order valence-corrected chi connectivity index (χ0v) is 9.81. The van der Waals surface area contributed by atoms with Crippen LogP contribution in [0.4, 0.5) is 4.79 Å². The number of nitrogens with zero attached hydrogens (tertiary/aromatic N) is 1. The molecule has 1 N–H and O–H groups in total. The third-order valence-corrected chi connectivity index (χ3v) is 2.44. The first-order chi connectivity index (χ1) is 8.71. The van der Waals surface area contributed by atoms with Crippen molar-refractivity contribution in [2.24, 2.45) is 0 Å². The van der Waals surface area contributed by atoms with E-state index in [0.717, 1.165) is 0 Å². The number of aromatic amines is 1. The molecule has 0 amide bonds. The molecule has 0 atom stereocenters. The Kier molecular flexibility index (Phi) is 3.06. The van der Waals surface area contributed by atoms with Crippen molar-refractivity contribution in [1.29, 1.82) is 5.26 Å². The van der Waals surface area contributed by atoms with Crippen molar-refractivity contribution in [2.45, 2.75) is 0 Å². The Morgan fingerprint density at radius 1 is 1.39 bits per heavy atom. The Hall–Kier alpha value is -2.68. The molecule has 18 heavy (non-hydrogen) atoms. The fourth-order valence-corrected chi connectivity index (χ4v) is 1.67. The van der Waals surface area contributed by atoms with Crippen LogP contribution in [-0.2, 0) is 4.74 Å². The van der Waals surface area contributed by atoms with Crippen molar-refractivity contribution >= 4 is 17.1 Å².